The van der Waals surface area contributed by atoms with Crippen LogP contribution < -0.4 is 5.43 Å². The Labute approximate surface area is 123 Å². The maximum absolute atomic E-state index is 12.3. The number of ether oxygens (including phenoxy) is 2. The van der Waals surface area contributed by atoms with E-state index in [2.05, 4.69) is 5.43 Å². The van der Waals surface area contributed by atoms with Crippen molar-refractivity contribution < 1.29 is 23.9 Å². The number of rotatable bonds is 7. The molecule has 0 saturated carbocycles. The SMILES string of the molecule is CCOC(=O)CCC(C(=O)OCC)C(=O)N1C=CC=CN1. The van der Waals surface area contributed by atoms with Gasteiger partial charge in [-0.15, -0.1) is 0 Å². The molecule has 7 heteroatoms. The first kappa shape index (κ1) is 16.7. The van der Waals surface area contributed by atoms with Gasteiger partial charge in [0.25, 0.3) is 5.91 Å². The lowest BCUT2D eigenvalue weighted by Gasteiger charge is -2.24. The van der Waals surface area contributed by atoms with Crippen LogP contribution in [0.5, 0.6) is 0 Å². The number of hydrogen-bond acceptors (Lipinski definition) is 6. The molecule has 0 spiro atoms. The first-order chi connectivity index (χ1) is 10.1. The summed E-state index contributed by atoms with van der Waals surface area (Å²) in [6.45, 7) is 3.79. The summed E-state index contributed by atoms with van der Waals surface area (Å²) < 4.78 is 9.70. The molecule has 116 valence electrons. The fraction of sp³-hybridized carbons (Fsp3) is 0.500. The number of hydrogen-bond donors (Lipinski definition) is 1. The smallest absolute Gasteiger partial charge is 0.318 e. The zero-order valence-electron chi connectivity index (χ0n) is 12.2. The average Bonchev–Trinajstić information content (AvgIpc) is 2.48. The average molecular weight is 296 g/mol. The molecule has 1 unspecified atom stereocenters. The lowest BCUT2D eigenvalue weighted by atomic mass is 10.0. The summed E-state index contributed by atoms with van der Waals surface area (Å²) in [5.41, 5.74) is 2.70. The van der Waals surface area contributed by atoms with Gasteiger partial charge >= 0.3 is 11.9 Å². The van der Waals surface area contributed by atoms with Crippen LogP contribution in [-0.4, -0.2) is 36.1 Å². The number of nitrogens with zero attached hydrogens (tertiary/aromatic N) is 1. The Hall–Kier alpha value is -2.31. The number of carbonyl (C=O) groups is 3. The number of nitrogens with one attached hydrogen (secondary N) is 1. The van der Waals surface area contributed by atoms with Crippen molar-refractivity contribution >= 4 is 17.8 Å². The van der Waals surface area contributed by atoms with Crippen LogP contribution in [0.25, 0.3) is 0 Å². The second-order valence-electron chi connectivity index (χ2n) is 4.19. The second kappa shape index (κ2) is 8.78. The number of amides is 1. The molecule has 1 aliphatic heterocycles. The van der Waals surface area contributed by atoms with Gasteiger partial charge in [-0.25, -0.2) is 5.01 Å². The van der Waals surface area contributed by atoms with Crippen LogP contribution >= 0.6 is 0 Å². The zero-order valence-corrected chi connectivity index (χ0v) is 12.2. The molecule has 0 bridgehead atoms. The molecule has 1 atom stereocenters. The Balaban J connectivity index is 2.69. The minimum absolute atomic E-state index is 0.0174. The van der Waals surface area contributed by atoms with Gasteiger partial charge in [-0.2, -0.15) is 0 Å². The lowest BCUT2D eigenvalue weighted by molar-refractivity contribution is -0.156. The van der Waals surface area contributed by atoms with Crippen LogP contribution in [0.4, 0.5) is 0 Å². The second-order valence-corrected chi connectivity index (χ2v) is 4.19. The minimum Gasteiger partial charge on any atom is -0.466 e. The summed E-state index contributed by atoms with van der Waals surface area (Å²) in [6, 6.07) is 0. The van der Waals surface area contributed by atoms with Crippen molar-refractivity contribution in [1.82, 2.24) is 10.4 Å². The van der Waals surface area contributed by atoms with Crippen molar-refractivity contribution in [3.63, 3.8) is 0 Å². The van der Waals surface area contributed by atoms with Gasteiger partial charge < -0.3 is 9.47 Å². The molecule has 0 saturated heterocycles. The predicted octanol–water partition coefficient (Wildman–Crippen LogP) is 0.883. The van der Waals surface area contributed by atoms with E-state index in [1.165, 1.54) is 11.2 Å². The quantitative estimate of drug-likeness (QED) is 0.554. The van der Waals surface area contributed by atoms with E-state index < -0.39 is 23.8 Å². The summed E-state index contributed by atoms with van der Waals surface area (Å²) in [4.78, 5) is 35.6. The molecule has 0 aliphatic carbocycles. The first-order valence-corrected chi connectivity index (χ1v) is 6.85. The zero-order chi connectivity index (χ0) is 15.7. The van der Waals surface area contributed by atoms with Crippen LogP contribution in [0.3, 0.4) is 0 Å². The van der Waals surface area contributed by atoms with E-state index in [0.29, 0.717) is 0 Å². The number of esters is 2. The minimum atomic E-state index is -1.04. The van der Waals surface area contributed by atoms with Gasteiger partial charge in [0, 0.05) is 18.8 Å². The number of carbonyl (C=O) groups excluding carboxylic acids is 3. The van der Waals surface area contributed by atoms with Crippen LogP contribution in [-0.2, 0) is 23.9 Å². The van der Waals surface area contributed by atoms with Crippen LogP contribution in [0, 0.1) is 5.92 Å². The normalized spacial score (nSPS) is 14.3. The first-order valence-electron chi connectivity index (χ1n) is 6.85. The van der Waals surface area contributed by atoms with Gasteiger partial charge in [0.05, 0.1) is 13.2 Å². The molecule has 7 nitrogen and oxygen atoms in total. The Kier molecular flexibility index (Phi) is 7.00. The molecule has 0 radical (unpaired) electrons. The summed E-state index contributed by atoms with van der Waals surface area (Å²) in [5, 5.41) is 1.19. The van der Waals surface area contributed by atoms with E-state index in [0.717, 1.165) is 0 Å². The summed E-state index contributed by atoms with van der Waals surface area (Å²) in [5.74, 6) is -2.60. The molecule has 0 aromatic heterocycles. The predicted molar refractivity (Wildman–Crippen MR) is 74.3 cm³/mol. The molecule has 1 N–H and O–H groups in total. The van der Waals surface area contributed by atoms with Crippen LogP contribution in [0.2, 0.25) is 0 Å². The van der Waals surface area contributed by atoms with E-state index in [1.807, 2.05) is 0 Å². The van der Waals surface area contributed by atoms with E-state index in [9.17, 15) is 14.4 Å². The number of hydrazine groups is 1. The van der Waals surface area contributed by atoms with Crippen molar-refractivity contribution in [2.75, 3.05) is 13.2 Å². The third-order valence-corrected chi connectivity index (χ3v) is 2.71. The van der Waals surface area contributed by atoms with Crippen LogP contribution in [0.1, 0.15) is 26.7 Å². The lowest BCUT2D eigenvalue weighted by Crippen LogP contribution is -2.43. The van der Waals surface area contributed by atoms with E-state index in [4.69, 9.17) is 9.47 Å². The highest BCUT2D eigenvalue weighted by Crippen LogP contribution is 2.14. The molecule has 1 heterocycles. The highest BCUT2D eigenvalue weighted by molar-refractivity contribution is 5.98. The van der Waals surface area contributed by atoms with Crippen LogP contribution in [0.15, 0.2) is 24.6 Å². The van der Waals surface area contributed by atoms with Gasteiger partial charge in [-0.3, -0.25) is 19.8 Å². The maximum Gasteiger partial charge on any atom is 0.318 e. The Morgan fingerprint density at radius 2 is 1.86 bits per heavy atom. The third-order valence-electron chi connectivity index (χ3n) is 2.71. The Morgan fingerprint density at radius 3 is 2.43 bits per heavy atom. The van der Waals surface area contributed by atoms with Crippen molar-refractivity contribution in [1.29, 1.82) is 0 Å². The van der Waals surface area contributed by atoms with Crippen molar-refractivity contribution in [2.24, 2.45) is 5.92 Å². The van der Waals surface area contributed by atoms with Gasteiger partial charge in [0.15, 0.2) is 0 Å². The Morgan fingerprint density at radius 1 is 1.14 bits per heavy atom. The fourth-order valence-corrected chi connectivity index (χ4v) is 1.74. The highest BCUT2D eigenvalue weighted by atomic mass is 16.5. The molecular formula is C14H20N2O5. The van der Waals surface area contributed by atoms with Gasteiger partial charge in [0.2, 0.25) is 0 Å². The molecular weight excluding hydrogens is 276 g/mol. The maximum atomic E-state index is 12.3. The van der Waals surface area contributed by atoms with Crippen molar-refractivity contribution in [3.8, 4) is 0 Å². The standard InChI is InChI=1S/C14H20N2O5/c1-3-20-12(17)8-7-11(14(19)21-4-2)13(18)16-10-6-5-9-15-16/h5-6,9-11,15H,3-4,7-8H2,1-2H3. The molecule has 0 fully saturated rings. The van der Waals surface area contributed by atoms with Crippen molar-refractivity contribution in [3.05, 3.63) is 24.6 Å². The molecule has 1 aliphatic rings. The molecule has 21 heavy (non-hydrogen) atoms. The highest BCUT2D eigenvalue weighted by Gasteiger charge is 2.32. The molecule has 0 aromatic rings. The summed E-state index contributed by atoms with van der Waals surface area (Å²) in [6.07, 6.45) is 6.46. The fourth-order valence-electron chi connectivity index (χ4n) is 1.74. The molecule has 1 rings (SSSR count). The van der Waals surface area contributed by atoms with Crippen molar-refractivity contribution in [2.45, 2.75) is 26.7 Å². The Bertz CT molecular complexity index is 445. The largest absolute Gasteiger partial charge is 0.466 e. The van der Waals surface area contributed by atoms with Gasteiger partial charge in [0.1, 0.15) is 5.92 Å². The summed E-state index contributed by atoms with van der Waals surface area (Å²) >= 11 is 0. The summed E-state index contributed by atoms with van der Waals surface area (Å²) in [7, 11) is 0. The van der Waals surface area contributed by atoms with Gasteiger partial charge in [-0.05, 0) is 32.4 Å². The topological polar surface area (TPSA) is 84.9 Å². The van der Waals surface area contributed by atoms with Gasteiger partial charge in [-0.1, -0.05) is 0 Å². The number of allylic oxidation sites excluding steroid dienone is 2. The molecule has 0 aromatic carbocycles. The monoisotopic (exact) mass is 296 g/mol. The van der Waals surface area contributed by atoms with E-state index >= 15 is 0 Å². The van der Waals surface area contributed by atoms with E-state index in [-0.39, 0.29) is 26.1 Å². The third kappa shape index (κ3) is 5.29. The van der Waals surface area contributed by atoms with E-state index in [1.54, 1.807) is 32.2 Å². The molecule has 1 amide bonds.